The molecule has 0 bridgehead atoms. The van der Waals surface area contributed by atoms with Crippen LogP contribution in [0.3, 0.4) is 0 Å². The van der Waals surface area contributed by atoms with Gasteiger partial charge in [-0.1, -0.05) is 24.3 Å². The van der Waals surface area contributed by atoms with Crippen LogP contribution in [-0.2, 0) is 9.59 Å². The molecule has 0 spiro atoms. The van der Waals surface area contributed by atoms with Crippen molar-refractivity contribution in [3.63, 3.8) is 0 Å². The highest BCUT2D eigenvalue weighted by Crippen LogP contribution is 2.40. The Hall–Kier alpha value is -3.32. The lowest BCUT2D eigenvalue weighted by molar-refractivity contribution is -0.123. The van der Waals surface area contributed by atoms with Crippen molar-refractivity contribution < 1.29 is 19.4 Å². The van der Waals surface area contributed by atoms with Crippen LogP contribution in [0, 0.1) is 0 Å². The quantitative estimate of drug-likeness (QED) is 0.641. The molecule has 0 aliphatic carbocycles. The molecule has 0 saturated heterocycles. The Labute approximate surface area is 162 Å². The molecule has 3 aliphatic rings. The number of rotatable bonds is 6. The predicted molar refractivity (Wildman–Crippen MR) is 104 cm³/mol. The Morgan fingerprint density at radius 2 is 1.96 bits per heavy atom. The summed E-state index contributed by atoms with van der Waals surface area (Å²) in [6, 6.07) is 7.16. The second-order valence-corrected chi connectivity index (χ2v) is 6.64. The van der Waals surface area contributed by atoms with Crippen molar-refractivity contribution in [2.24, 2.45) is 0 Å². The van der Waals surface area contributed by atoms with E-state index in [9.17, 15) is 14.7 Å². The smallest absolute Gasteiger partial charge is 0.259 e. The van der Waals surface area contributed by atoms with Crippen molar-refractivity contribution >= 4 is 17.4 Å². The van der Waals surface area contributed by atoms with Gasteiger partial charge in [0, 0.05) is 36.1 Å². The summed E-state index contributed by atoms with van der Waals surface area (Å²) < 4.78 is 5.41. The topological polar surface area (TPSA) is 90.9 Å². The van der Waals surface area contributed by atoms with Crippen molar-refractivity contribution in [2.45, 2.75) is 12.6 Å². The lowest BCUT2D eigenvalue weighted by Gasteiger charge is -2.28. The molecule has 1 aromatic rings. The highest BCUT2D eigenvalue weighted by atomic mass is 16.5. The van der Waals surface area contributed by atoms with Gasteiger partial charge >= 0.3 is 0 Å². The van der Waals surface area contributed by atoms with Gasteiger partial charge in [0.25, 0.3) is 11.8 Å². The molecule has 1 unspecified atom stereocenters. The number of hydrogen-bond donors (Lipinski definition) is 3. The summed E-state index contributed by atoms with van der Waals surface area (Å²) >= 11 is 0. The molecule has 3 heterocycles. The van der Waals surface area contributed by atoms with E-state index < -0.39 is 11.8 Å². The van der Waals surface area contributed by atoms with E-state index in [0.29, 0.717) is 41.0 Å². The number of hydrogen-bond acceptors (Lipinski definition) is 6. The number of dihydropyridines is 1. The zero-order valence-corrected chi connectivity index (χ0v) is 15.4. The van der Waals surface area contributed by atoms with Crippen LogP contribution in [0.15, 0.2) is 65.5 Å². The number of ether oxygens (including phenoxy) is 1. The number of fused-ring (bicyclic) bond motifs is 1. The highest BCUT2D eigenvalue weighted by molar-refractivity contribution is 6.38. The van der Waals surface area contributed by atoms with Gasteiger partial charge in [-0.25, -0.2) is 0 Å². The second kappa shape index (κ2) is 7.36. The number of allylic oxidation sites excluding steroid dienone is 2. The first-order chi connectivity index (χ1) is 13.7. The van der Waals surface area contributed by atoms with E-state index in [1.165, 1.54) is 7.11 Å². The molecule has 7 heteroatoms. The van der Waals surface area contributed by atoms with E-state index in [0.717, 1.165) is 5.57 Å². The SMILES string of the molecule is COc1ccccc1C1=C(C2=CN(CCCO)C3NC=CC=C23)C(=O)NC1=O. The summed E-state index contributed by atoms with van der Waals surface area (Å²) in [4.78, 5) is 27.5. The summed E-state index contributed by atoms with van der Waals surface area (Å²) in [6.45, 7) is 0.700. The summed E-state index contributed by atoms with van der Waals surface area (Å²) in [7, 11) is 1.54. The molecule has 7 nitrogen and oxygen atoms in total. The average molecular weight is 379 g/mol. The fourth-order valence-corrected chi connectivity index (χ4v) is 3.78. The van der Waals surface area contributed by atoms with Gasteiger partial charge in [-0.05, 0) is 24.8 Å². The first kappa shape index (κ1) is 18.1. The predicted octanol–water partition coefficient (Wildman–Crippen LogP) is 1.06. The standard InChI is InChI=1S/C21H21N3O4/c1-28-16-8-3-2-6-14(16)17-18(21(27)23-20(17)26)15-12-24(10-5-11-25)19-13(15)7-4-9-22-19/h2-4,6-9,12,19,22,25H,5,10-11H2,1H3,(H,23,26,27). The first-order valence-electron chi connectivity index (χ1n) is 9.11. The second-order valence-electron chi connectivity index (χ2n) is 6.64. The van der Waals surface area contributed by atoms with Crippen molar-refractivity contribution in [1.82, 2.24) is 15.5 Å². The molecule has 4 rings (SSSR count). The zero-order chi connectivity index (χ0) is 19.7. The Morgan fingerprint density at radius 1 is 1.18 bits per heavy atom. The lowest BCUT2D eigenvalue weighted by Crippen LogP contribution is -2.40. The summed E-state index contributed by atoms with van der Waals surface area (Å²) in [5.74, 6) is -0.325. The monoisotopic (exact) mass is 379 g/mol. The number of methoxy groups -OCH3 is 1. The Balaban J connectivity index is 1.87. The summed E-state index contributed by atoms with van der Waals surface area (Å²) in [6.07, 6.45) is 7.99. The maximum atomic E-state index is 12.8. The molecular weight excluding hydrogens is 358 g/mol. The maximum Gasteiger partial charge on any atom is 0.259 e. The van der Waals surface area contributed by atoms with Gasteiger partial charge in [0.15, 0.2) is 0 Å². The third-order valence-electron chi connectivity index (χ3n) is 5.01. The van der Waals surface area contributed by atoms with Crippen molar-refractivity contribution in [3.05, 3.63) is 71.1 Å². The molecular formula is C21H21N3O4. The van der Waals surface area contributed by atoms with E-state index in [1.54, 1.807) is 12.1 Å². The number of amides is 2. The highest BCUT2D eigenvalue weighted by Gasteiger charge is 2.40. The minimum atomic E-state index is -0.435. The average Bonchev–Trinajstić information content (AvgIpc) is 3.22. The fraction of sp³-hybridized carbons (Fsp3) is 0.238. The van der Waals surface area contributed by atoms with Crippen LogP contribution >= 0.6 is 0 Å². The van der Waals surface area contributed by atoms with E-state index in [1.807, 2.05) is 41.6 Å². The number of para-hydroxylation sites is 1. The molecule has 3 aliphatic heterocycles. The van der Waals surface area contributed by atoms with Crippen LogP contribution in [0.2, 0.25) is 0 Å². The van der Waals surface area contributed by atoms with Gasteiger partial charge in [0.1, 0.15) is 11.9 Å². The normalized spacial score (nSPS) is 20.6. The molecule has 1 atom stereocenters. The van der Waals surface area contributed by atoms with Gasteiger partial charge in [-0.3, -0.25) is 14.9 Å². The third-order valence-corrected chi connectivity index (χ3v) is 5.01. The first-order valence-corrected chi connectivity index (χ1v) is 9.11. The molecule has 2 amide bonds. The van der Waals surface area contributed by atoms with Gasteiger partial charge < -0.3 is 20.1 Å². The Bertz CT molecular complexity index is 958. The summed E-state index contributed by atoms with van der Waals surface area (Å²) in [5.41, 5.74) is 2.84. The molecule has 0 fully saturated rings. The van der Waals surface area contributed by atoms with Crippen molar-refractivity contribution in [2.75, 3.05) is 20.3 Å². The lowest BCUT2D eigenvalue weighted by atomic mass is 9.91. The Morgan fingerprint density at radius 3 is 2.75 bits per heavy atom. The van der Waals surface area contributed by atoms with Crippen LogP contribution in [0.5, 0.6) is 5.75 Å². The molecule has 0 aromatic heterocycles. The Kier molecular flexibility index (Phi) is 4.75. The van der Waals surface area contributed by atoms with Crippen molar-refractivity contribution in [1.29, 1.82) is 0 Å². The molecule has 0 radical (unpaired) electrons. The van der Waals surface area contributed by atoms with Gasteiger partial charge in [-0.15, -0.1) is 0 Å². The van der Waals surface area contributed by atoms with Gasteiger partial charge in [0.2, 0.25) is 0 Å². The van der Waals surface area contributed by atoms with E-state index in [-0.39, 0.29) is 12.8 Å². The molecule has 3 N–H and O–H groups in total. The number of imide groups is 1. The number of aliphatic hydroxyl groups excluding tert-OH is 1. The summed E-state index contributed by atoms with van der Waals surface area (Å²) in [5, 5.41) is 14.9. The number of carbonyl (C=O) groups is 2. The van der Waals surface area contributed by atoms with E-state index in [4.69, 9.17) is 4.74 Å². The third kappa shape index (κ3) is 2.90. The fourth-order valence-electron chi connectivity index (χ4n) is 3.78. The molecule has 0 saturated carbocycles. The number of nitrogens with zero attached hydrogens (tertiary/aromatic N) is 1. The molecule has 1 aromatic carbocycles. The molecule has 28 heavy (non-hydrogen) atoms. The molecule has 144 valence electrons. The van der Waals surface area contributed by atoms with Gasteiger partial charge in [0.05, 0.1) is 18.3 Å². The largest absolute Gasteiger partial charge is 0.496 e. The van der Waals surface area contributed by atoms with Crippen LogP contribution in [0.1, 0.15) is 12.0 Å². The minimum absolute atomic E-state index is 0.0788. The number of carbonyl (C=O) groups excluding carboxylic acids is 2. The number of nitrogens with one attached hydrogen (secondary N) is 2. The van der Waals surface area contributed by atoms with Crippen LogP contribution < -0.4 is 15.4 Å². The minimum Gasteiger partial charge on any atom is -0.496 e. The van der Waals surface area contributed by atoms with Crippen LogP contribution in [0.4, 0.5) is 0 Å². The van der Waals surface area contributed by atoms with Crippen molar-refractivity contribution in [3.8, 4) is 5.75 Å². The number of aliphatic hydroxyl groups is 1. The number of benzene rings is 1. The van der Waals surface area contributed by atoms with E-state index >= 15 is 0 Å². The van der Waals surface area contributed by atoms with Crippen LogP contribution in [0.25, 0.3) is 5.57 Å². The van der Waals surface area contributed by atoms with E-state index in [2.05, 4.69) is 10.6 Å². The zero-order valence-electron chi connectivity index (χ0n) is 15.4. The van der Waals surface area contributed by atoms with Crippen LogP contribution in [-0.4, -0.2) is 48.2 Å². The maximum absolute atomic E-state index is 12.8. The van der Waals surface area contributed by atoms with Gasteiger partial charge in [-0.2, -0.15) is 0 Å².